The number of ether oxygens (including phenoxy) is 1. The molecule has 2 amide bonds. The van der Waals surface area contributed by atoms with Gasteiger partial charge in [0.2, 0.25) is 11.8 Å². The minimum absolute atomic E-state index is 0.0439. The van der Waals surface area contributed by atoms with Crippen LogP contribution < -0.4 is 15.0 Å². The maximum atomic E-state index is 12.5. The molecule has 2 aromatic rings. The number of likely N-dealkylation sites (tertiary alicyclic amines) is 1. The average molecular weight is 500 g/mol. The number of benzene rings is 2. The van der Waals surface area contributed by atoms with Crippen LogP contribution in [0.25, 0.3) is 0 Å². The van der Waals surface area contributed by atoms with Crippen LogP contribution in [0.4, 0.5) is 5.69 Å². The maximum absolute atomic E-state index is 12.5. The minimum atomic E-state index is -0.910. The lowest BCUT2D eigenvalue weighted by Crippen LogP contribution is -2.50. The summed E-state index contributed by atoms with van der Waals surface area (Å²) >= 11 is 6.22. The molecule has 2 heterocycles. The highest BCUT2D eigenvalue weighted by molar-refractivity contribution is 6.32. The van der Waals surface area contributed by atoms with E-state index in [1.165, 1.54) is 0 Å². The molecule has 0 radical (unpaired) electrons. The summed E-state index contributed by atoms with van der Waals surface area (Å²) in [5.74, 6) is 0.832. The molecule has 4 rings (SSSR count). The summed E-state index contributed by atoms with van der Waals surface area (Å²) in [7, 11) is 0. The van der Waals surface area contributed by atoms with E-state index in [4.69, 9.17) is 16.3 Å². The Hall–Kier alpha value is -2.61. The molecular formula is C27H34ClN3O4. The summed E-state index contributed by atoms with van der Waals surface area (Å²) in [6, 6.07) is 11.5. The van der Waals surface area contributed by atoms with Crippen molar-refractivity contribution in [2.24, 2.45) is 0 Å². The first-order valence-electron chi connectivity index (χ1n) is 12.2. The molecule has 2 N–H and O–H groups in total. The van der Waals surface area contributed by atoms with Gasteiger partial charge in [0.15, 0.2) is 0 Å². The van der Waals surface area contributed by atoms with E-state index in [-0.39, 0.29) is 18.4 Å². The van der Waals surface area contributed by atoms with Crippen LogP contribution in [0.3, 0.4) is 0 Å². The van der Waals surface area contributed by atoms with Gasteiger partial charge in [-0.25, -0.2) is 0 Å². The zero-order chi connectivity index (χ0) is 25.0. The number of carbonyl (C=O) groups is 2. The summed E-state index contributed by atoms with van der Waals surface area (Å²) in [5.41, 5.74) is 2.90. The monoisotopic (exact) mass is 499 g/mol. The fourth-order valence-electron chi connectivity index (χ4n) is 4.65. The predicted octanol–water partition coefficient (Wildman–Crippen LogP) is 3.61. The van der Waals surface area contributed by atoms with Gasteiger partial charge in [0.1, 0.15) is 18.0 Å². The van der Waals surface area contributed by atoms with Crippen LogP contribution >= 0.6 is 11.6 Å². The average Bonchev–Trinajstić information content (AvgIpc) is 3.27. The van der Waals surface area contributed by atoms with Crippen molar-refractivity contribution in [3.05, 3.63) is 58.1 Å². The van der Waals surface area contributed by atoms with Crippen molar-refractivity contribution in [3.63, 3.8) is 0 Å². The molecule has 8 heteroatoms. The minimum Gasteiger partial charge on any atom is -0.491 e. The van der Waals surface area contributed by atoms with Gasteiger partial charge < -0.3 is 20.1 Å². The standard InChI is InChI=1S/C27H34ClN3O4/c1-19-14-23(15-20(2)26(19)28)35-18-27(34)9-12-30(13-10-27)17-24(32)29-16-21-5-7-22(8-6-21)31-11-3-4-25(31)33/h5-8,14-15,34H,3-4,9-13,16-18H2,1-2H3,(H,29,32). The Morgan fingerprint density at radius 2 is 1.77 bits per heavy atom. The Balaban J connectivity index is 1.18. The lowest BCUT2D eigenvalue weighted by Gasteiger charge is -2.37. The van der Waals surface area contributed by atoms with E-state index < -0.39 is 5.60 Å². The molecule has 188 valence electrons. The van der Waals surface area contributed by atoms with Gasteiger partial charge in [-0.1, -0.05) is 23.7 Å². The second-order valence-electron chi connectivity index (χ2n) is 9.75. The van der Waals surface area contributed by atoms with E-state index in [1.807, 2.05) is 55.1 Å². The fraction of sp³-hybridized carbons (Fsp3) is 0.481. The molecule has 2 aliphatic heterocycles. The van der Waals surface area contributed by atoms with Crippen molar-refractivity contribution in [3.8, 4) is 5.75 Å². The van der Waals surface area contributed by atoms with Crippen molar-refractivity contribution >= 4 is 29.1 Å². The molecule has 2 aliphatic rings. The largest absolute Gasteiger partial charge is 0.491 e. The van der Waals surface area contributed by atoms with Crippen LogP contribution in [0.15, 0.2) is 36.4 Å². The molecule has 0 aromatic heterocycles. The molecule has 2 fully saturated rings. The van der Waals surface area contributed by atoms with E-state index >= 15 is 0 Å². The number of aliphatic hydroxyl groups is 1. The summed E-state index contributed by atoms with van der Waals surface area (Å²) in [5, 5.41) is 14.6. The van der Waals surface area contributed by atoms with E-state index in [0.717, 1.165) is 40.4 Å². The molecular weight excluding hydrogens is 466 g/mol. The van der Waals surface area contributed by atoms with Crippen molar-refractivity contribution < 1.29 is 19.4 Å². The van der Waals surface area contributed by atoms with E-state index in [1.54, 1.807) is 0 Å². The van der Waals surface area contributed by atoms with Gasteiger partial charge in [-0.05, 0) is 74.1 Å². The lowest BCUT2D eigenvalue weighted by atomic mass is 9.92. The molecule has 35 heavy (non-hydrogen) atoms. The molecule has 7 nitrogen and oxygen atoms in total. The molecule has 0 atom stereocenters. The van der Waals surface area contributed by atoms with Crippen LogP contribution in [-0.4, -0.2) is 60.2 Å². The van der Waals surface area contributed by atoms with Crippen LogP contribution in [0.5, 0.6) is 5.75 Å². The van der Waals surface area contributed by atoms with E-state index in [0.29, 0.717) is 51.2 Å². The Labute approximate surface area is 212 Å². The Morgan fingerprint density at radius 1 is 1.11 bits per heavy atom. The number of nitrogens with one attached hydrogen (secondary N) is 1. The van der Waals surface area contributed by atoms with E-state index in [9.17, 15) is 14.7 Å². The van der Waals surface area contributed by atoms with Gasteiger partial charge in [0.05, 0.1) is 6.54 Å². The first kappa shape index (κ1) is 25.5. The van der Waals surface area contributed by atoms with Crippen LogP contribution in [-0.2, 0) is 16.1 Å². The maximum Gasteiger partial charge on any atom is 0.234 e. The van der Waals surface area contributed by atoms with Gasteiger partial charge >= 0.3 is 0 Å². The third kappa shape index (κ3) is 6.54. The van der Waals surface area contributed by atoms with Gasteiger partial charge in [-0.15, -0.1) is 0 Å². The van der Waals surface area contributed by atoms with Gasteiger partial charge in [0, 0.05) is 43.3 Å². The lowest BCUT2D eigenvalue weighted by molar-refractivity contribution is -0.124. The normalized spacial score (nSPS) is 18.1. The zero-order valence-electron chi connectivity index (χ0n) is 20.5. The van der Waals surface area contributed by atoms with Crippen molar-refractivity contribution in [2.45, 2.75) is 51.7 Å². The number of rotatable bonds is 8. The first-order chi connectivity index (χ1) is 16.7. The van der Waals surface area contributed by atoms with Gasteiger partial charge in [-0.3, -0.25) is 14.5 Å². The quantitative estimate of drug-likeness (QED) is 0.580. The highest BCUT2D eigenvalue weighted by atomic mass is 35.5. The van der Waals surface area contributed by atoms with Crippen LogP contribution in [0.1, 0.15) is 42.4 Å². The third-order valence-electron chi connectivity index (χ3n) is 6.88. The topological polar surface area (TPSA) is 82.1 Å². The van der Waals surface area contributed by atoms with Crippen molar-refractivity contribution in [2.75, 3.05) is 37.7 Å². The Morgan fingerprint density at radius 3 is 2.37 bits per heavy atom. The highest BCUT2D eigenvalue weighted by Crippen LogP contribution is 2.28. The summed E-state index contributed by atoms with van der Waals surface area (Å²) in [6.07, 6.45) is 2.60. The molecule has 2 saturated heterocycles. The predicted molar refractivity (Wildman–Crippen MR) is 137 cm³/mol. The summed E-state index contributed by atoms with van der Waals surface area (Å²) < 4.78 is 5.89. The number of anilines is 1. The molecule has 0 bridgehead atoms. The van der Waals surface area contributed by atoms with Gasteiger partial charge in [0.25, 0.3) is 0 Å². The molecule has 0 aliphatic carbocycles. The zero-order valence-corrected chi connectivity index (χ0v) is 21.2. The number of hydrogen-bond donors (Lipinski definition) is 2. The molecule has 2 aromatic carbocycles. The number of amides is 2. The number of nitrogens with zero attached hydrogens (tertiary/aromatic N) is 2. The summed E-state index contributed by atoms with van der Waals surface area (Å²) in [6.45, 7) is 6.86. The molecule has 0 saturated carbocycles. The molecule has 0 spiro atoms. The number of carbonyl (C=O) groups excluding carboxylic acids is 2. The number of aryl methyl sites for hydroxylation is 2. The van der Waals surface area contributed by atoms with Crippen LogP contribution in [0.2, 0.25) is 5.02 Å². The van der Waals surface area contributed by atoms with Gasteiger partial charge in [-0.2, -0.15) is 0 Å². The highest BCUT2D eigenvalue weighted by Gasteiger charge is 2.33. The second kappa shape index (κ2) is 11.0. The van der Waals surface area contributed by atoms with Crippen molar-refractivity contribution in [1.29, 1.82) is 0 Å². The fourth-order valence-corrected chi connectivity index (χ4v) is 4.76. The first-order valence-corrected chi connectivity index (χ1v) is 12.6. The molecule has 0 unspecified atom stereocenters. The third-order valence-corrected chi connectivity index (χ3v) is 7.48. The SMILES string of the molecule is Cc1cc(OCC2(O)CCN(CC(=O)NCc3ccc(N4CCCC4=O)cc3)CC2)cc(C)c1Cl. The second-order valence-corrected chi connectivity index (χ2v) is 10.1. The van der Waals surface area contributed by atoms with E-state index in [2.05, 4.69) is 10.2 Å². The van der Waals surface area contributed by atoms with Crippen molar-refractivity contribution in [1.82, 2.24) is 10.2 Å². The Kier molecular flexibility index (Phi) is 7.99. The number of hydrogen-bond acceptors (Lipinski definition) is 5. The Bertz CT molecular complexity index is 1040. The summed E-state index contributed by atoms with van der Waals surface area (Å²) in [4.78, 5) is 28.2. The number of halogens is 1. The number of piperidine rings is 1. The van der Waals surface area contributed by atoms with Crippen LogP contribution in [0, 0.1) is 13.8 Å². The smallest absolute Gasteiger partial charge is 0.234 e.